The Morgan fingerprint density at radius 1 is 1.35 bits per heavy atom. The Bertz CT molecular complexity index is 409. The van der Waals surface area contributed by atoms with Crippen molar-refractivity contribution in [2.45, 2.75) is 39.2 Å². The smallest absolute Gasteiger partial charge is 0.251 e. The monoisotopic (exact) mass is 232 g/mol. The molecule has 2 rings (SSSR count). The summed E-state index contributed by atoms with van der Waals surface area (Å²) in [5, 5.41) is 3.09. The summed E-state index contributed by atoms with van der Waals surface area (Å²) in [6, 6.07) is 7.37. The highest BCUT2D eigenvalue weighted by Crippen LogP contribution is 2.36. The molecule has 17 heavy (non-hydrogen) atoms. The van der Waals surface area contributed by atoms with Gasteiger partial charge in [0, 0.05) is 17.3 Å². The van der Waals surface area contributed by atoms with Gasteiger partial charge in [0.2, 0.25) is 0 Å². The first-order valence-corrected chi connectivity index (χ1v) is 6.13. The summed E-state index contributed by atoms with van der Waals surface area (Å²) >= 11 is 0. The highest BCUT2D eigenvalue weighted by molar-refractivity contribution is 5.94. The molecule has 1 fully saturated rings. The summed E-state index contributed by atoms with van der Waals surface area (Å²) in [5.41, 5.74) is 7.32. The third kappa shape index (κ3) is 2.99. The molecule has 1 aromatic carbocycles. The van der Waals surface area contributed by atoms with E-state index in [1.54, 1.807) is 24.3 Å². The van der Waals surface area contributed by atoms with Gasteiger partial charge in [-0.1, -0.05) is 13.8 Å². The van der Waals surface area contributed by atoms with Crippen LogP contribution in [0.1, 0.15) is 43.5 Å². The molecular formula is C14H20N2O. The highest BCUT2D eigenvalue weighted by Gasteiger charge is 2.31. The number of hydrogen-bond donors (Lipinski definition) is 2. The van der Waals surface area contributed by atoms with Crippen LogP contribution in [-0.2, 0) is 0 Å². The van der Waals surface area contributed by atoms with Crippen LogP contribution in [0, 0.1) is 5.41 Å². The number of carbonyl (C=O) groups excluding carboxylic acids is 1. The van der Waals surface area contributed by atoms with E-state index < -0.39 is 0 Å². The molecule has 92 valence electrons. The first-order chi connectivity index (χ1) is 7.96. The summed E-state index contributed by atoms with van der Waals surface area (Å²) < 4.78 is 0. The van der Waals surface area contributed by atoms with E-state index in [1.807, 2.05) is 0 Å². The number of anilines is 1. The third-order valence-corrected chi connectivity index (χ3v) is 3.48. The van der Waals surface area contributed by atoms with Crippen molar-refractivity contribution < 1.29 is 4.79 Å². The van der Waals surface area contributed by atoms with E-state index in [9.17, 15) is 4.79 Å². The zero-order valence-electron chi connectivity index (χ0n) is 10.5. The van der Waals surface area contributed by atoms with E-state index in [0.717, 1.165) is 12.8 Å². The van der Waals surface area contributed by atoms with Gasteiger partial charge in [-0.3, -0.25) is 4.79 Å². The number of benzene rings is 1. The van der Waals surface area contributed by atoms with Crippen LogP contribution in [0.3, 0.4) is 0 Å². The molecule has 3 nitrogen and oxygen atoms in total. The minimum Gasteiger partial charge on any atom is -0.399 e. The molecule has 1 amide bonds. The van der Waals surface area contributed by atoms with Gasteiger partial charge in [0.25, 0.3) is 5.91 Å². The Balaban J connectivity index is 1.96. The quantitative estimate of drug-likeness (QED) is 0.770. The van der Waals surface area contributed by atoms with Crippen molar-refractivity contribution >= 4 is 11.6 Å². The lowest BCUT2D eigenvalue weighted by Crippen LogP contribution is -2.33. The minimum atomic E-state index is 0.00713. The van der Waals surface area contributed by atoms with Crippen molar-refractivity contribution in [3.05, 3.63) is 29.8 Å². The van der Waals surface area contributed by atoms with Gasteiger partial charge < -0.3 is 11.1 Å². The predicted octanol–water partition coefficient (Wildman–Crippen LogP) is 2.58. The number of rotatable bonds is 2. The standard InChI is InChI=1S/C14H20N2O/c1-14(2)8-7-12(9-14)16-13(17)10-3-5-11(15)6-4-10/h3-6,12H,7-9,15H2,1-2H3,(H,16,17). The van der Waals surface area contributed by atoms with Crippen LogP contribution in [-0.4, -0.2) is 11.9 Å². The normalized spacial score (nSPS) is 22.4. The van der Waals surface area contributed by atoms with Crippen LogP contribution in [0.2, 0.25) is 0 Å². The zero-order chi connectivity index (χ0) is 12.5. The third-order valence-electron chi connectivity index (χ3n) is 3.48. The van der Waals surface area contributed by atoms with Gasteiger partial charge in [-0.25, -0.2) is 0 Å². The lowest BCUT2D eigenvalue weighted by atomic mass is 9.92. The molecule has 0 radical (unpaired) electrons. The lowest BCUT2D eigenvalue weighted by Gasteiger charge is -2.17. The van der Waals surface area contributed by atoms with E-state index >= 15 is 0 Å². The number of carbonyl (C=O) groups is 1. The second-order valence-corrected chi connectivity index (χ2v) is 5.70. The summed E-state index contributed by atoms with van der Waals surface area (Å²) in [4.78, 5) is 12.0. The molecule has 1 atom stereocenters. The minimum absolute atomic E-state index is 0.00713. The van der Waals surface area contributed by atoms with Crippen LogP contribution in [0.15, 0.2) is 24.3 Å². The first-order valence-electron chi connectivity index (χ1n) is 6.13. The number of nitrogen functional groups attached to an aromatic ring is 1. The first kappa shape index (κ1) is 12.0. The average Bonchev–Trinajstić information content (AvgIpc) is 2.59. The molecule has 0 heterocycles. The second-order valence-electron chi connectivity index (χ2n) is 5.70. The molecule has 1 aromatic rings. The van der Waals surface area contributed by atoms with Crippen LogP contribution in [0.4, 0.5) is 5.69 Å². The van der Waals surface area contributed by atoms with E-state index in [4.69, 9.17) is 5.73 Å². The molecule has 1 saturated carbocycles. The van der Waals surface area contributed by atoms with Crippen LogP contribution in [0.5, 0.6) is 0 Å². The van der Waals surface area contributed by atoms with Gasteiger partial charge in [0.15, 0.2) is 0 Å². The Kier molecular flexibility index (Phi) is 3.09. The van der Waals surface area contributed by atoms with Gasteiger partial charge in [-0.15, -0.1) is 0 Å². The maximum absolute atomic E-state index is 12.0. The number of hydrogen-bond acceptors (Lipinski definition) is 2. The number of nitrogens with two attached hydrogens (primary N) is 1. The van der Waals surface area contributed by atoms with E-state index in [0.29, 0.717) is 22.7 Å². The molecule has 0 bridgehead atoms. The van der Waals surface area contributed by atoms with Crippen molar-refractivity contribution in [2.24, 2.45) is 5.41 Å². The van der Waals surface area contributed by atoms with E-state index in [2.05, 4.69) is 19.2 Å². The van der Waals surface area contributed by atoms with Crippen LogP contribution < -0.4 is 11.1 Å². The van der Waals surface area contributed by atoms with Crippen molar-refractivity contribution in [3.8, 4) is 0 Å². The van der Waals surface area contributed by atoms with Crippen molar-refractivity contribution in [1.29, 1.82) is 0 Å². The number of amides is 1. The van der Waals surface area contributed by atoms with E-state index in [1.165, 1.54) is 6.42 Å². The molecule has 0 spiro atoms. The molecule has 3 heteroatoms. The topological polar surface area (TPSA) is 55.1 Å². The van der Waals surface area contributed by atoms with Gasteiger partial charge in [0.05, 0.1) is 0 Å². The second kappa shape index (κ2) is 4.40. The Morgan fingerprint density at radius 2 is 2.00 bits per heavy atom. The highest BCUT2D eigenvalue weighted by atomic mass is 16.1. The fourth-order valence-corrected chi connectivity index (χ4v) is 2.46. The Labute approximate surface area is 102 Å². The zero-order valence-corrected chi connectivity index (χ0v) is 10.5. The van der Waals surface area contributed by atoms with Gasteiger partial charge in [-0.2, -0.15) is 0 Å². The fourth-order valence-electron chi connectivity index (χ4n) is 2.46. The molecular weight excluding hydrogens is 212 g/mol. The molecule has 0 saturated heterocycles. The summed E-state index contributed by atoms with van der Waals surface area (Å²) in [6.45, 7) is 4.50. The average molecular weight is 232 g/mol. The lowest BCUT2D eigenvalue weighted by molar-refractivity contribution is 0.0936. The molecule has 1 unspecified atom stereocenters. The predicted molar refractivity (Wildman–Crippen MR) is 69.7 cm³/mol. The fraction of sp³-hybridized carbons (Fsp3) is 0.500. The summed E-state index contributed by atoms with van der Waals surface area (Å²) in [7, 11) is 0. The molecule has 1 aliphatic rings. The van der Waals surface area contributed by atoms with Crippen LogP contribution in [0.25, 0.3) is 0 Å². The molecule has 0 aromatic heterocycles. The van der Waals surface area contributed by atoms with Crippen molar-refractivity contribution in [1.82, 2.24) is 5.32 Å². The van der Waals surface area contributed by atoms with Crippen molar-refractivity contribution in [2.75, 3.05) is 5.73 Å². The molecule has 0 aliphatic heterocycles. The summed E-state index contributed by atoms with van der Waals surface area (Å²) in [6.07, 6.45) is 3.32. The van der Waals surface area contributed by atoms with Crippen LogP contribution >= 0.6 is 0 Å². The van der Waals surface area contributed by atoms with Gasteiger partial charge in [-0.05, 0) is 48.9 Å². The maximum atomic E-state index is 12.0. The number of nitrogens with one attached hydrogen (secondary N) is 1. The molecule has 3 N–H and O–H groups in total. The Hall–Kier alpha value is -1.51. The largest absolute Gasteiger partial charge is 0.399 e. The summed E-state index contributed by atoms with van der Waals surface area (Å²) in [5.74, 6) is 0.00713. The molecule has 1 aliphatic carbocycles. The van der Waals surface area contributed by atoms with Crippen molar-refractivity contribution in [3.63, 3.8) is 0 Å². The SMILES string of the molecule is CC1(C)CCC(NC(=O)c2ccc(N)cc2)C1. The maximum Gasteiger partial charge on any atom is 0.251 e. The van der Waals surface area contributed by atoms with E-state index in [-0.39, 0.29) is 5.91 Å². The Morgan fingerprint density at radius 3 is 2.53 bits per heavy atom. The van der Waals surface area contributed by atoms with Gasteiger partial charge >= 0.3 is 0 Å². The van der Waals surface area contributed by atoms with Gasteiger partial charge in [0.1, 0.15) is 0 Å².